The molecule has 0 bridgehead atoms. The van der Waals surface area contributed by atoms with Gasteiger partial charge in [0.15, 0.2) is 0 Å². The average Bonchev–Trinajstić information content (AvgIpc) is 2.76. The highest BCUT2D eigenvalue weighted by atomic mass is 32.1. The van der Waals surface area contributed by atoms with Gasteiger partial charge in [-0.25, -0.2) is 4.98 Å². The first kappa shape index (κ1) is 12.6. The number of rotatable bonds is 2. The average molecular weight is 265 g/mol. The second kappa shape index (κ2) is 5.27. The fourth-order valence-corrected chi connectivity index (χ4v) is 4.22. The summed E-state index contributed by atoms with van der Waals surface area (Å²) in [7, 11) is 0. The normalized spacial score (nSPS) is 24.5. The summed E-state index contributed by atoms with van der Waals surface area (Å²) in [5, 5.41) is 7.24. The third-order valence-electron chi connectivity index (χ3n) is 4.29. The van der Waals surface area contributed by atoms with Crippen molar-refractivity contribution in [3.05, 3.63) is 16.1 Å². The van der Waals surface area contributed by atoms with Crippen molar-refractivity contribution in [1.82, 2.24) is 15.2 Å². The van der Waals surface area contributed by atoms with Crippen LogP contribution in [-0.4, -0.2) is 35.1 Å². The lowest BCUT2D eigenvalue weighted by Gasteiger charge is -2.46. The number of piperazine rings is 1. The quantitative estimate of drug-likeness (QED) is 0.891. The molecule has 100 valence electrons. The summed E-state index contributed by atoms with van der Waals surface area (Å²) in [5.74, 6) is 0. The van der Waals surface area contributed by atoms with Crippen LogP contribution in [0.15, 0.2) is 5.38 Å². The molecule has 4 heteroatoms. The van der Waals surface area contributed by atoms with Crippen molar-refractivity contribution in [2.75, 3.05) is 19.6 Å². The van der Waals surface area contributed by atoms with E-state index in [1.807, 2.05) is 0 Å². The number of aromatic nitrogens is 1. The van der Waals surface area contributed by atoms with Crippen molar-refractivity contribution in [1.29, 1.82) is 0 Å². The maximum atomic E-state index is 4.59. The van der Waals surface area contributed by atoms with Gasteiger partial charge >= 0.3 is 0 Å². The third kappa shape index (κ3) is 2.76. The van der Waals surface area contributed by atoms with E-state index in [-0.39, 0.29) is 0 Å². The molecule has 1 aromatic heterocycles. The van der Waals surface area contributed by atoms with Crippen LogP contribution in [0.5, 0.6) is 0 Å². The highest BCUT2D eigenvalue weighted by Gasteiger charge is 2.36. The van der Waals surface area contributed by atoms with Crippen LogP contribution in [0.2, 0.25) is 0 Å². The molecule has 2 aliphatic rings. The molecule has 2 fully saturated rings. The van der Waals surface area contributed by atoms with E-state index in [0.717, 1.165) is 18.8 Å². The smallest absolute Gasteiger partial charge is 0.107 e. The summed E-state index contributed by atoms with van der Waals surface area (Å²) in [5.41, 5.74) is 1.58. The zero-order valence-electron chi connectivity index (χ0n) is 11.2. The minimum absolute atomic E-state index is 0.419. The molecular formula is C14H23N3S. The summed E-state index contributed by atoms with van der Waals surface area (Å²) in [6.45, 7) is 6.65. The molecule has 3 rings (SSSR count). The van der Waals surface area contributed by atoms with E-state index in [0.29, 0.717) is 5.54 Å². The van der Waals surface area contributed by atoms with Gasteiger partial charge in [0.2, 0.25) is 0 Å². The molecule has 0 unspecified atom stereocenters. The molecule has 1 aliphatic heterocycles. The van der Waals surface area contributed by atoms with Crippen molar-refractivity contribution in [3.8, 4) is 0 Å². The van der Waals surface area contributed by atoms with Gasteiger partial charge in [0, 0.05) is 36.2 Å². The number of aryl methyl sites for hydroxylation is 1. The molecule has 1 N–H and O–H groups in total. The van der Waals surface area contributed by atoms with Gasteiger partial charge in [0.25, 0.3) is 0 Å². The Bertz CT molecular complexity index is 390. The van der Waals surface area contributed by atoms with Crippen LogP contribution in [0.3, 0.4) is 0 Å². The van der Waals surface area contributed by atoms with E-state index in [9.17, 15) is 0 Å². The summed E-state index contributed by atoms with van der Waals surface area (Å²) in [4.78, 5) is 7.19. The van der Waals surface area contributed by atoms with Crippen molar-refractivity contribution in [3.63, 3.8) is 0 Å². The van der Waals surface area contributed by atoms with Crippen LogP contribution in [0.4, 0.5) is 0 Å². The lowest BCUT2D eigenvalue weighted by molar-refractivity contribution is 0.0944. The SMILES string of the molecule is Cc1csc(CN2CCNC3(CCCCC3)C2)n1. The Labute approximate surface area is 114 Å². The monoisotopic (exact) mass is 265 g/mol. The van der Waals surface area contributed by atoms with Crippen LogP contribution in [0.25, 0.3) is 0 Å². The predicted molar refractivity (Wildman–Crippen MR) is 75.9 cm³/mol. The predicted octanol–water partition coefficient (Wildman–Crippen LogP) is 2.56. The maximum absolute atomic E-state index is 4.59. The van der Waals surface area contributed by atoms with Gasteiger partial charge in [-0.15, -0.1) is 11.3 Å². The molecule has 1 aliphatic carbocycles. The Balaban J connectivity index is 1.63. The van der Waals surface area contributed by atoms with E-state index < -0.39 is 0 Å². The highest BCUT2D eigenvalue weighted by Crippen LogP contribution is 2.31. The fourth-order valence-electron chi connectivity index (χ4n) is 3.41. The summed E-state index contributed by atoms with van der Waals surface area (Å²) >= 11 is 1.81. The van der Waals surface area contributed by atoms with Crippen LogP contribution in [-0.2, 0) is 6.54 Å². The lowest BCUT2D eigenvalue weighted by atomic mass is 9.80. The molecule has 1 saturated heterocycles. The second-order valence-electron chi connectivity index (χ2n) is 5.86. The van der Waals surface area contributed by atoms with Crippen LogP contribution >= 0.6 is 11.3 Å². The summed E-state index contributed by atoms with van der Waals surface area (Å²) in [6.07, 6.45) is 6.95. The number of hydrogen-bond donors (Lipinski definition) is 1. The van der Waals surface area contributed by atoms with Gasteiger partial charge in [-0.05, 0) is 19.8 Å². The topological polar surface area (TPSA) is 28.2 Å². The van der Waals surface area contributed by atoms with Gasteiger partial charge in [0.1, 0.15) is 5.01 Å². The van der Waals surface area contributed by atoms with Gasteiger partial charge in [0.05, 0.1) is 6.54 Å². The number of thiazole rings is 1. The Hall–Kier alpha value is -0.450. The zero-order valence-corrected chi connectivity index (χ0v) is 12.1. The van der Waals surface area contributed by atoms with E-state index in [2.05, 4.69) is 27.5 Å². The number of hydrogen-bond acceptors (Lipinski definition) is 4. The van der Waals surface area contributed by atoms with Crippen LogP contribution in [0.1, 0.15) is 42.8 Å². The minimum atomic E-state index is 0.419. The fraction of sp³-hybridized carbons (Fsp3) is 0.786. The van der Waals surface area contributed by atoms with Crippen molar-refractivity contribution in [2.24, 2.45) is 0 Å². The molecule has 0 atom stereocenters. The molecular weight excluding hydrogens is 242 g/mol. The maximum Gasteiger partial charge on any atom is 0.107 e. The Morgan fingerprint density at radius 3 is 2.94 bits per heavy atom. The molecule has 1 spiro atoms. The second-order valence-corrected chi connectivity index (χ2v) is 6.80. The molecule has 0 radical (unpaired) electrons. The highest BCUT2D eigenvalue weighted by molar-refractivity contribution is 7.09. The Morgan fingerprint density at radius 2 is 2.22 bits per heavy atom. The van der Waals surface area contributed by atoms with Gasteiger partial charge < -0.3 is 5.32 Å². The van der Waals surface area contributed by atoms with E-state index in [1.54, 1.807) is 11.3 Å². The molecule has 0 aromatic carbocycles. The Morgan fingerprint density at radius 1 is 1.39 bits per heavy atom. The van der Waals surface area contributed by atoms with E-state index >= 15 is 0 Å². The van der Waals surface area contributed by atoms with Crippen molar-refractivity contribution < 1.29 is 0 Å². The summed E-state index contributed by atoms with van der Waals surface area (Å²) in [6, 6.07) is 0. The van der Waals surface area contributed by atoms with Gasteiger partial charge in [-0.1, -0.05) is 19.3 Å². The van der Waals surface area contributed by atoms with Crippen molar-refractivity contribution >= 4 is 11.3 Å². The van der Waals surface area contributed by atoms with Crippen LogP contribution in [0, 0.1) is 6.92 Å². The van der Waals surface area contributed by atoms with Crippen LogP contribution < -0.4 is 5.32 Å². The first-order valence-electron chi connectivity index (χ1n) is 7.14. The molecule has 1 saturated carbocycles. The standard InChI is InChI=1S/C14H23N3S/c1-12-10-18-13(16-12)9-17-8-7-15-14(11-17)5-3-2-4-6-14/h10,15H,2-9,11H2,1H3. The van der Waals surface area contributed by atoms with Gasteiger partial charge in [-0.3, -0.25) is 4.90 Å². The summed E-state index contributed by atoms with van der Waals surface area (Å²) < 4.78 is 0. The Kier molecular flexibility index (Phi) is 3.68. The molecule has 0 amide bonds. The zero-order chi connectivity index (χ0) is 12.4. The van der Waals surface area contributed by atoms with Crippen molar-refractivity contribution in [2.45, 2.75) is 51.1 Å². The van der Waals surface area contributed by atoms with Gasteiger partial charge in [-0.2, -0.15) is 0 Å². The van der Waals surface area contributed by atoms with E-state index in [4.69, 9.17) is 0 Å². The number of nitrogens with one attached hydrogen (secondary N) is 1. The molecule has 3 nitrogen and oxygen atoms in total. The third-order valence-corrected chi connectivity index (χ3v) is 5.24. The molecule has 18 heavy (non-hydrogen) atoms. The first-order valence-corrected chi connectivity index (χ1v) is 8.02. The molecule has 1 aromatic rings. The first-order chi connectivity index (χ1) is 8.76. The lowest BCUT2D eigenvalue weighted by Crippen LogP contribution is -2.60. The largest absolute Gasteiger partial charge is 0.309 e. The minimum Gasteiger partial charge on any atom is -0.309 e. The van der Waals surface area contributed by atoms with E-state index in [1.165, 1.54) is 50.2 Å². The molecule has 2 heterocycles. The number of nitrogens with zero attached hydrogens (tertiary/aromatic N) is 2.